The Morgan fingerprint density at radius 2 is 1.01 bits per heavy atom. The first-order valence-corrected chi connectivity index (χ1v) is 24.2. The average molecular weight is 1160 g/mol. The summed E-state index contributed by atoms with van der Waals surface area (Å²) in [4.78, 5) is 53.7. The van der Waals surface area contributed by atoms with Crippen LogP contribution in [-0.2, 0) is 54.0 Å². The van der Waals surface area contributed by atoms with Crippen molar-refractivity contribution < 1.29 is 74.3 Å². The topological polar surface area (TPSA) is 148 Å². The summed E-state index contributed by atoms with van der Waals surface area (Å²) in [5, 5.41) is 10.7. The third-order valence-electron chi connectivity index (χ3n) is 9.39. The van der Waals surface area contributed by atoms with Gasteiger partial charge in [0.1, 0.15) is 27.5 Å². The number of halogens is 9. The van der Waals surface area contributed by atoms with E-state index in [2.05, 4.69) is 57.3 Å². The van der Waals surface area contributed by atoms with Gasteiger partial charge in [0.2, 0.25) is 0 Å². The van der Waals surface area contributed by atoms with E-state index < -0.39 is 58.6 Å². The molecule has 23 heteroatoms. The van der Waals surface area contributed by atoms with Crippen molar-refractivity contribution in [1.82, 2.24) is 19.6 Å². The first-order valence-electron chi connectivity index (χ1n) is 21.1. The second kappa shape index (κ2) is 27.0. The van der Waals surface area contributed by atoms with Gasteiger partial charge in [0, 0.05) is 82.5 Å². The molecule has 2 heterocycles. The highest BCUT2D eigenvalue weighted by Crippen LogP contribution is 2.35. The van der Waals surface area contributed by atoms with Gasteiger partial charge in [-0.1, -0.05) is 47.8 Å². The van der Waals surface area contributed by atoms with Crippen LogP contribution in [0.4, 0.5) is 35.9 Å². The van der Waals surface area contributed by atoms with Crippen LogP contribution in [0.3, 0.4) is 0 Å². The number of methoxy groups -OCH3 is 2. The molecular formula is C44H61Br3F6N4O10. The number of alkyl halides is 9. The van der Waals surface area contributed by atoms with Crippen molar-refractivity contribution >= 4 is 71.9 Å². The number of benzene rings is 2. The molecule has 2 amide bonds. The molecule has 2 aromatic carbocycles. The fraction of sp³-hybridized carbons (Fsp3) is 0.636. The molecule has 67 heavy (non-hydrogen) atoms. The molecule has 2 aliphatic rings. The van der Waals surface area contributed by atoms with Crippen molar-refractivity contribution in [3.8, 4) is 11.5 Å². The maximum Gasteiger partial charge on any atom is 0.416 e. The molecular weight excluding hydrogens is 1100 g/mol. The largest absolute Gasteiger partial charge is 0.508 e. The Hall–Kier alpha value is -3.54. The van der Waals surface area contributed by atoms with E-state index in [4.69, 9.17) is 14.2 Å². The number of esters is 2. The number of amides is 2. The number of piperazine rings is 2. The van der Waals surface area contributed by atoms with Crippen molar-refractivity contribution in [2.24, 2.45) is 0 Å². The number of ether oxygens (including phenoxy) is 5. The van der Waals surface area contributed by atoms with Crippen molar-refractivity contribution in [3.63, 3.8) is 0 Å². The van der Waals surface area contributed by atoms with Gasteiger partial charge in [-0.05, 0) is 95.5 Å². The highest BCUT2D eigenvalue weighted by atomic mass is 79.9. The molecule has 2 fully saturated rings. The van der Waals surface area contributed by atoms with Crippen molar-refractivity contribution in [2.45, 2.75) is 102 Å². The number of phenolic OH excluding ortho intramolecular Hbond substituents is 1. The molecule has 1 N–H and O–H groups in total. The third kappa shape index (κ3) is 22.6. The number of aromatic hydroxyl groups is 1. The van der Waals surface area contributed by atoms with Crippen molar-refractivity contribution in [2.75, 3.05) is 77.2 Å². The predicted octanol–water partition coefficient (Wildman–Crippen LogP) is 9.64. The maximum absolute atomic E-state index is 13.5. The lowest BCUT2D eigenvalue weighted by atomic mass is 10.1. The molecule has 0 aromatic heterocycles. The Balaban J connectivity index is 0.000000398. The quantitative estimate of drug-likeness (QED) is 0.0935. The first kappa shape index (κ1) is 59.6. The minimum absolute atomic E-state index is 0.0523. The van der Waals surface area contributed by atoms with Crippen LogP contribution in [-0.4, -0.2) is 148 Å². The second-order valence-corrected chi connectivity index (χ2v) is 20.0. The first-order chi connectivity index (χ1) is 31.0. The summed E-state index contributed by atoms with van der Waals surface area (Å²) < 4.78 is 104. The predicted molar refractivity (Wildman–Crippen MR) is 249 cm³/mol. The van der Waals surface area contributed by atoms with Gasteiger partial charge in [-0.3, -0.25) is 14.6 Å². The van der Waals surface area contributed by atoms with E-state index in [1.165, 1.54) is 26.4 Å². The van der Waals surface area contributed by atoms with Crippen LogP contribution in [0.1, 0.15) is 76.6 Å². The smallest absolute Gasteiger partial charge is 0.416 e. The van der Waals surface area contributed by atoms with E-state index >= 15 is 0 Å². The lowest BCUT2D eigenvalue weighted by Crippen LogP contribution is -2.49. The summed E-state index contributed by atoms with van der Waals surface area (Å²) in [6, 6.07) is 6.54. The average Bonchev–Trinajstić information content (AvgIpc) is 3.22. The number of hydrogen-bond donors (Lipinski definition) is 1. The van der Waals surface area contributed by atoms with Gasteiger partial charge in [0.05, 0.1) is 25.3 Å². The number of carbonyl (C=O) groups is 4. The van der Waals surface area contributed by atoms with Gasteiger partial charge in [-0.25, -0.2) is 14.4 Å². The summed E-state index contributed by atoms with van der Waals surface area (Å²) in [7, 11) is 2.58. The molecule has 0 saturated carbocycles. The molecule has 2 atom stereocenters. The molecule has 0 aliphatic carbocycles. The fourth-order valence-electron chi connectivity index (χ4n) is 6.22. The number of nitrogens with zero attached hydrogens (tertiary/aromatic N) is 4. The SMILES string of the molecule is CC(C)(C)OC(=O)N1CCN(Cc2cc(O)cc(C(F)(F)F)c2)CC1.COC(=O)C(Br)CCBr.COC(=O)C(CCBr)Oc1cc(CN2CCN(C(=O)OC(C)(C)C)CC2)cc(C(F)(F)F)c1. The number of phenols is 1. The van der Waals surface area contributed by atoms with Crippen LogP contribution in [0.5, 0.6) is 11.5 Å². The van der Waals surface area contributed by atoms with Gasteiger partial charge in [0.25, 0.3) is 0 Å². The summed E-state index contributed by atoms with van der Waals surface area (Å²) in [5.41, 5.74) is -2.10. The van der Waals surface area contributed by atoms with Gasteiger partial charge in [-0.15, -0.1) is 0 Å². The zero-order valence-corrected chi connectivity index (χ0v) is 43.6. The number of carbonyl (C=O) groups excluding carboxylic acids is 4. The van der Waals surface area contributed by atoms with E-state index in [0.717, 1.165) is 30.0 Å². The van der Waals surface area contributed by atoms with Crippen LogP contribution in [0.25, 0.3) is 0 Å². The lowest BCUT2D eigenvalue weighted by molar-refractivity contribution is -0.149. The van der Waals surface area contributed by atoms with Gasteiger partial charge in [-0.2, -0.15) is 26.3 Å². The molecule has 380 valence electrons. The Morgan fingerprint density at radius 3 is 1.39 bits per heavy atom. The molecule has 14 nitrogen and oxygen atoms in total. The summed E-state index contributed by atoms with van der Waals surface area (Å²) in [5.74, 6) is -1.33. The normalized spacial score (nSPS) is 16.0. The van der Waals surface area contributed by atoms with Gasteiger partial charge in [0.15, 0.2) is 6.10 Å². The van der Waals surface area contributed by atoms with E-state index in [0.29, 0.717) is 74.9 Å². The van der Waals surface area contributed by atoms with Crippen LogP contribution < -0.4 is 4.74 Å². The Bertz CT molecular complexity index is 1900. The zero-order chi connectivity index (χ0) is 50.9. The molecule has 2 aliphatic heterocycles. The monoisotopic (exact) mass is 1160 g/mol. The van der Waals surface area contributed by atoms with E-state index in [9.17, 15) is 50.6 Å². The van der Waals surface area contributed by atoms with Gasteiger partial charge < -0.3 is 38.6 Å². The van der Waals surface area contributed by atoms with Crippen LogP contribution in [0.15, 0.2) is 36.4 Å². The highest BCUT2D eigenvalue weighted by molar-refractivity contribution is 9.10. The van der Waals surface area contributed by atoms with Crippen molar-refractivity contribution in [3.05, 3.63) is 58.7 Å². The summed E-state index contributed by atoms with van der Waals surface area (Å²) in [6.07, 6.45) is -9.88. The maximum atomic E-state index is 13.5. The third-order valence-corrected chi connectivity index (χ3v) is 11.1. The lowest BCUT2D eigenvalue weighted by Gasteiger charge is -2.35. The standard InChI is InChI=1S/C22H30BrF3N2O5.C17H23F3N2O3.C5H8Br2O2/c1-21(2,3)33-20(30)28-9-7-27(8-10-28)14-15-11-16(22(24,25)26)13-17(12-15)32-18(5-6-23)19(29)31-4;1-16(2,3)25-15(24)22-6-4-21(5-7-22)11-12-8-13(17(18,19)20)10-14(23)9-12;1-9-5(8)4(7)2-3-6/h11-13,18H,5-10,14H2,1-4H3;8-10,23H,4-7,11H2,1-3H3;4H,2-3H2,1H3. The fourth-order valence-corrected chi connectivity index (χ4v) is 8.12. The molecule has 0 bridgehead atoms. The Kier molecular flexibility index (Phi) is 24.0. The van der Waals surface area contributed by atoms with E-state index in [1.807, 2.05) is 9.80 Å². The molecule has 4 rings (SSSR count). The second-order valence-electron chi connectivity index (χ2n) is 17.3. The molecule has 2 aromatic rings. The van der Waals surface area contributed by atoms with Crippen LogP contribution >= 0.6 is 47.8 Å². The van der Waals surface area contributed by atoms with Crippen LogP contribution in [0, 0.1) is 0 Å². The molecule has 2 unspecified atom stereocenters. The molecule has 0 radical (unpaired) electrons. The van der Waals surface area contributed by atoms with E-state index in [-0.39, 0.29) is 42.1 Å². The Labute approximate surface area is 413 Å². The Morgan fingerprint density at radius 1 is 0.612 bits per heavy atom. The number of hydrogen-bond acceptors (Lipinski definition) is 12. The summed E-state index contributed by atoms with van der Waals surface area (Å²) >= 11 is 9.58. The molecule has 2 saturated heterocycles. The minimum atomic E-state index is -4.57. The van der Waals surface area contributed by atoms with E-state index in [1.54, 1.807) is 51.3 Å². The minimum Gasteiger partial charge on any atom is -0.508 e. The van der Waals surface area contributed by atoms with Crippen LogP contribution in [0.2, 0.25) is 0 Å². The number of rotatable bonds is 12. The highest BCUT2D eigenvalue weighted by Gasteiger charge is 2.34. The molecule has 0 spiro atoms. The van der Waals surface area contributed by atoms with Crippen molar-refractivity contribution in [1.29, 1.82) is 0 Å². The summed E-state index contributed by atoms with van der Waals surface area (Å²) in [6.45, 7) is 15.0. The zero-order valence-electron chi connectivity index (χ0n) is 38.8. The van der Waals surface area contributed by atoms with Gasteiger partial charge >= 0.3 is 36.5 Å².